The van der Waals surface area contributed by atoms with E-state index in [1.54, 1.807) is 6.92 Å². The highest BCUT2D eigenvalue weighted by Gasteiger charge is 2.54. The predicted molar refractivity (Wildman–Crippen MR) is 106 cm³/mol. The number of alkyl halides is 3. The first-order valence-corrected chi connectivity index (χ1v) is 9.41. The Morgan fingerprint density at radius 1 is 1.19 bits per heavy atom. The quantitative estimate of drug-likeness (QED) is 0.653. The number of carboxylic acid groups (broad SMARTS) is 1. The molecular weight excluding hydrogens is 434 g/mol. The third-order valence-electron chi connectivity index (χ3n) is 4.86. The van der Waals surface area contributed by atoms with Gasteiger partial charge in [-0.15, -0.1) is 0 Å². The van der Waals surface area contributed by atoms with Crippen LogP contribution >= 0.6 is 0 Å². The van der Waals surface area contributed by atoms with Gasteiger partial charge in [0.15, 0.2) is 5.71 Å². The Bertz CT molecular complexity index is 1040. The summed E-state index contributed by atoms with van der Waals surface area (Å²) < 4.78 is 59.8. The lowest BCUT2D eigenvalue weighted by Crippen LogP contribution is -2.48. The van der Waals surface area contributed by atoms with Gasteiger partial charge in [0.25, 0.3) is 0 Å². The monoisotopic (exact) mass is 453 g/mol. The van der Waals surface area contributed by atoms with Gasteiger partial charge >= 0.3 is 12.1 Å². The van der Waals surface area contributed by atoms with Crippen LogP contribution in [-0.2, 0) is 4.79 Å². The highest BCUT2D eigenvalue weighted by Crippen LogP contribution is 2.33. The number of rotatable bonds is 6. The first-order valence-electron chi connectivity index (χ1n) is 9.41. The molecule has 2 unspecified atom stereocenters. The molecule has 2 N–H and O–H groups in total. The SMILES string of the molecule is C[C@H](NC(=O)C1C(C(F)(F)F)=NN(C)C1Oc1cccc(F)c1)c1ccc(C(=O)O)cc1. The summed E-state index contributed by atoms with van der Waals surface area (Å²) in [6.45, 7) is 1.54. The normalized spacial score (nSPS) is 19.3. The molecule has 0 bridgehead atoms. The van der Waals surface area contributed by atoms with E-state index in [0.29, 0.717) is 5.56 Å². The minimum Gasteiger partial charge on any atom is -0.478 e. The van der Waals surface area contributed by atoms with Gasteiger partial charge in [0, 0.05) is 13.1 Å². The number of aromatic carboxylic acids is 1. The van der Waals surface area contributed by atoms with E-state index in [2.05, 4.69) is 10.4 Å². The zero-order chi connectivity index (χ0) is 23.6. The molecule has 2 aromatic carbocycles. The van der Waals surface area contributed by atoms with E-state index >= 15 is 0 Å². The molecule has 0 saturated heterocycles. The maximum atomic E-state index is 13.6. The first-order chi connectivity index (χ1) is 15.0. The summed E-state index contributed by atoms with van der Waals surface area (Å²) >= 11 is 0. The van der Waals surface area contributed by atoms with Crippen LogP contribution in [0.1, 0.15) is 28.9 Å². The minimum absolute atomic E-state index is 0.0275. The molecule has 3 atom stereocenters. The number of benzene rings is 2. The zero-order valence-electron chi connectivity index (χ0n) is 16.9. The van der Waals surface area contributed by atoms with Gasteiger partial charge in [-0.25, -0.2) is 9.18 Å². The molecular formula is C21H19F4N3O4. The predicted octanol–water partition coefficient (Wildman–Crippen LogP) is 3.59. The van der Waals surface area contributed by atoms with E-state index in [-0.39, 0.29) is 11.3 Å². The summed E-state index contributed by atoms with van der Waals surface area (Å²) in [6.07, 6.45) is -6.36. The van der Waals surface area contributed by atoms with E-state index in [1.807, 2.05) is 0 Å². The largest absolute Gasteiger partial charge is 0.478 e. The number of nitrogens with zero attached hydrogens (tertiary/aromatic N) is 2. The van der Waals surface area contributed by atoms with Gasteiger partial charge in [-0.3, -0.25) is 9.80 Å². The van der Waals surface area contributed by atoms with Gasteiger partial charge in [-0.2, -0.15) is 18.3 Å². The van der Waals surface area contributed by atoms with Crippen LogP contribution in [0.3, 0.4) is 0 Å². The maximum Gasteiger partial charge on any atom is 0.432 e. The van der Waals surface area contributed by atoms with Gasteiger partial charge in [-0.05, 0) is 36.8 Å². The van der Waals surface area contributed by atoms with E-state index in [9.17, 15) is 27.2 Å². The molecule has 0 saturated carbocycles. The third-order valence-corrected chi connectivity index (χ3v) is 4.86. The summed E-state index contributed by atoms with van der Waals surface area (Å²) in [4.78, 5) is 23.9. The van der Waals surface area contributed by atoms with Gasteiger partial charge < -0.3 is 15.2 Å². The highest BCUT2D eigenvalue weighted by molar-refractivity contribution is 6.08. The number of halogens is 4. The van der Waals surface area contributed by atoms with Crippen molar-refractivity contribution in [1.29, 1.82) is 0 Å². The minimum atomic E-state index is -4.90. The maximum absolute atomic E-state index is 13.6. The fraction of sp³-hybridized carbons (Fsp3) is 0.286. The summed E-state index contributed by atoms with van der Waals surface area (Å²) in [5.41, 5.74) is -0.824. The number of carbonyl (C=O) groups excluding carboxylic acids is 1. The van der Waals surface area contributed by atoms with E-state index in [4.69, 9.17) is 9.84 Å². The van der Waals surface area contributed by atoms with E-state index in [1.165, 1.54) is 43.4 Å². The molecule has 0 radical (unpaired) electrons. The molecule has 1 aliphatic heterocycles. The molecule has 11 heteroatoms. The summed E-state index contributed by atoms with van der Waals surface area (Å²) in [7, 11) is 1.22. The molecule has 3 rings (SSSR count). The summed E-state index contributed by atoms with van der Waals surface area (Å²) in [5.74, 6) is -4.69. The standard InChI is InChI=1S/C21H19F4N3O4/c1-11(12-6-8-13(9-7-12)20(30)31)26-18(29)16-17(21(23,24)25)27-28(2)19(16)32-15-5-3-4-14(22)10-15/h3-11,16,19H,1-2H3,(H,26,29)(H,30,31)/t11-,16?,19?/m0/s1. The molecule has 0 aliphatic carbocycles. The lowest BCUT2D eigenvalue weighted by molar-refractivity contribution is -0.129. The summed E-state index contributed by atoms with van der Waals surface area (Å²) in [6, 6.07) is 9.62. The van der Waals surface area contributed by atoms with Crippen molar-refractivity contribution >= 4 is 17.6 Å². The Labute approximate surface area is 180 Å². The smallest absolute Gasteiger partial charge is 0.432 e. The first kappa shape index (κ1) is 23.0. The van der Waals surface area contributed by atoms with E-state index < -0.39 is 47.8 Å². The van der Waals surface area contributed by atoms with Gasteiger partial charge in [-0.1, -0.05) is 18.2 Å². The molecule has 1 heterocycles. The Morgan fingerprint density at radius 3 is 2.41 bits per heavy atom. The van der Waals surface area contributed by atoms with Crippen molar-refractivity contribution in [3.05, 3.63) is 65.5 Å². The van der Waals surface area contributed by atoms with Crippen LogP contribution in [0.15, 0.2) is 53.6 Å². The number of carbonyl (C=O) groups is 2. The van der Waals surface area contributed by atoms with Gasteiger partial charge in [0.1, 0.15) is 17.5 Å². The lowest BCUT2D eigenvalue weighted by Gasteiger charge is -2.27. The van der Waals surface area contributed by atoms with Crippen molar-refractivity contribution in [2.24, 2.45) is 11.0 Å². The molecule has 170 valence electrons. The van der Waals surface area contributed by atoms with Crippen LogP contribution in [-0.4, -0.2) is 47.2 Å². The third kappa shape index (κ3) is 4.98. The van der Waals surface area contributed by atoms with Crippen LogP contribution in [0.2, 0.25) is 0 Å². The van der Waals surface area contributed by atoms with E-state index in [0.717, 1.165) is 17.1 Å². The number of hydrogen-bond acceptors (Lipinski definition) is 5. The second kappa shape index (κ2) is 8.85. The van der Waals surface area contributed by atoms with Crippen LogP contribution in [0.25, 0.3) is 0 Å². The average molecular weight is 453 g/mol. The molecule has 7 nitrogen and oxygen atoms in total. The average Bonchev–Trinajstić information content (AvgIpc) is 3.04. The molecule has 1 amide bonds. The highest BCUT2D eigenvalue weighted by atomic mass is 19.4. The fourth-order valence-corrected chi connectivity index (χ4v) is 3.25. The van der Waals surface area contributed by atoms with Gasteiger partial charge in [0.2, 0.25) is 12.1 Å². The lowest BCUT2D eigenvalue weighted by atomic mass is 9.99. The molecule has 2 aromatic rings. The Balaban J connectivity index is 1.84. The Morgan fingerprint density at radius 2 is 1.84 bits per heavy atom. The Kier molecular flexibility index (Phi) is 6.37. The van der Waals surface area contributed by atoms with Crippen molar-refractivity contribution in [3.8, 4) is 5.75 Å². The molecule has 0 spiro atoms. The van der Waals surface area contributed by atoms with Crippen molar-refractivity contribution in [2.75, 3.05) is 7.05 Å². The van der Waals surface area contributed by atoms with Crippen LogP contribution in [0.4, 0.5) is 17.6 Å². The molecule has 0 fully saturated rings. The van der Waals surface area contributed by atoms with Crippen LogP contribution in [0.5, 0.6) is 5.75 Å². The molecule has 0 aromatic heterocycles. The number of hydrogen-bond donors (Lipinski definition) is 2. The van der Waals surface area contributed by atoms with Crippen LogP contribution < -0.4 is 10.1 Å². The topological polar surface area (TPSA) is 91.2 Å². The number of nitrogens with one attached hydrogen (secondary N) is 1. The molecule has 32 heavy (non-hydrogen) atoms. The van der Waals surface area contributed by atoms with Crippen molar-refractivity contribution in [3.63, 3.8) is 0 Å². The zero-order valence-corrected chi connectivity index (χ0v) is 16.9. The van der Waals surface area contributed by atoms with Crippen LogP contribution in [0, 0.1) is 11.7 Å². The van der Waals surface area contributed by atoms with Crippen molar-refractivity contribution < 1.29 is 37.0 Å². The fourth-order valence-electron chi connectivity index (χ4n) is 3.25. The number of amides is 1. The number of carboxylic acids is 1. The second-order valence-electron chi connectivity index (χ2n) is 7.16. The summed E-state index contributed by atoms with van der Waals surface area (Å²) in [5, 5.41) is 15.8. The second-order valence-corrected chi connectivity index (χ2v) is 7.16. The van der Waals surface area contributed by atoms with Gasteiger partial charge in [0.05, 0.1) is 11.6 Å². The molecule has 1 aliphatic rings. The van der Waals surface area contributed by atoms with Crippen molar-refractivity contribution in [1.82, 2.24) is 10.3 Å². The van der Waals surface area contributed by atoms with Crippen molar-refractivity contribution in [2.45, 2.75) is 25.4 Å². The number of ether oxygens (including phenoxy) is 1. The number of hydrazone groups is 1. The Hall–Kier alpha value is -3.63.